The van der Waals surface area contributed by atoms with Crippen molar-refractivity contribution in [2.45, 2.75) is 32.4 Å². The second-order valence-electron chi connectivity index (χ2n) is 7.54. The van der Waals surface area contributed by atoms with Gasteiger partial charge in [0.05, 0.1) is 12.8 Å². The summed E-state index contributed by atoms with van der Waals surface area (Å²) < 4.78 is 11.9. The van der Waals surface area contributed by atoms with Crippen LogP contribution in [-0.2, 0) is 11.2 Å². The van der Waals surface area contributed by atoms with Crippen molar-refractivity contribution >= 4 is 17.3 Å². The van der Waals surface area contributed by atoms with Gasteiger partial charge in [-0.3, -0.25) is 9.69 Å². The Balaban J connectivity index is 1.39. The Kier molecular flexibility index (Phi) is 5.90. The van der Waals surface area contributed by atoms with E-state index in [1.807, 2.05) is 24.3 Å². The van der Waals surface area contributed by atoms with Gasteiger partial charge in [-0.1, -0.05) is 19.1 Å². The summed E-state index contributed by atoms with van der Waals surface area (Å²) in [6, 6.07) is 14.2. The van der Waals surface area contributed by atoms with E-state index < -0.39 is 0 Å². The molecule has 0 aromatic heterocycles. The van der Waals surface area contributed by atoms with Crippen LogP contribution in [0.5, 0.6) is 11.5 Å². The van der Waals surface area contributed by atoms with Crippen molar-refractivity contribution in [2.24, 2.45) is 0 Å². The number of rotatable bonds is 6. The maximum atomic E-state index is 11.5. The molecule has 2 heterocycles. The molecular weight excluding hydrogens is 366 g/mol. The van der Waals surface area contributed by atoms with E-state index in [4.69, 9.17) is 9.47 Å². The van der Waals surface area contributed by atoms with Crippen LogP contribution in [0.3, 0.4) is 0 Å². The lowest BCUT2D eigenvalue weighted by atomic mass is 10.0. The van der Waals surface area contributed by atoms with Crippen LogP contribution in [-0.4, -0.2) is 50.3 Å². The first-order valence-electron chi connectivity index (χ1n) is 10.4. The van der Waals surface area contributed by atoms with Crippen LogP contribution in [0.15, 0.2) is 42.5 Å². The van der Waals surface area contributed by atoms with Gasteiger partial charge in [0.2, 0.25) is 5.91 Å². The smallest absolute Gasteiger partial charge is 0.224 e. The molecule has 0 radical (unpaired) electrons. The first kappa shape index (κ1) is 19.6. The molecule has 0 aliphatic carbocycles. The van der Waals surface area contributed by atoms with E-state index in [-0.39, 0.29) is 12.1 Å². The fourth-order valence-corrected chi connectivity index (χ4v) is 4.15. The number of carbonyl (C=O) groups is 1. The summed E-state index contributed by atoms with van der Waals surface area (Å²) in [5, 5.41) is 2.93. The zero-order valence-corrected chi connectivity index (χ0v) is 17.2. The number of fused-ring (bicyclic) bond motifs is 1. The molecule has 4 rings (SSSR count). The molecule has 6 heteroatoms. The van der Waals surface area contributed by atoms with Gasteiger partial charge in [-0.2, -0.15) is 0 Å². The van der Waals surface area contributed by atoms with Crippen LogP contribution < -0.4 is 19.7 Å². The predicted octanol–water partition coefficient (Wildman–Crippen LogP) is 3.52. The van der Waals surface area contributed by atoms with E-state index in [0.717, 1.165) is 67.5 Å². The number of nitrogens with zero attached hydrogens (tertiary/aromatic N) is 2. The van der Waals surface area contributed by atoms with Gasteiger partial charge in [0.1, 0.15) is 11.5 Å². The first-order chi connectivity index (χ1) is 14.2. The number of ether oxygens (including phenoxy) is 2. The van der Waals surface area contributed by atoms with Crippen LogP contribution in [0, 0.1) is 0 Å². The molecule has 1 fully saturated rings. The molecule has 2 aromatic carbocycles. The van der Waals surface area contributed by atoms with E-state index in [1.165, 1.54) is 0 Å². The van der Waals surface area contributed by atoms with Gasteiger partial charge in [-0.15, -0.1) is 0 Å². The molecule has 0 saturated carbocycles. The van der Waals surface area contributed by atoms with Gasteiger partial charge < -0.3 is 19.7 Å². The molecule has 2 aliphatic rings. The Labute approximate surface area is 172 Å². The number of hydrogen-bond donors (Lipinski definition) is 1. The van der Waals surface area contributed by atoms with Crippen molar-refractivity contribution in [1.29, 1.82) is 0 Å². The molecule has 29 heavy (non-hydrogen) atoms. The quantitative estimate of drug-likeness (QED) is 0.811. The van der Waals surface area contributed by atoms with Crippen molar-refractivity contribution < 1.29 is 14.3 Å². The second-order valence-corrected chi connectivity index (χ2v) is 7.54. The molecule has 2 aliphatic heterocycles. The van der Waals surface area contributed by atoms with Crippen molar-refractivity contribution in [3.8, 4) is 11.5 Å². The molecule has 1 amide bonds. The van der Waals surface area contributed by atoms with Crippen LogP contribution in [0.4, 0.5) is 11.4 Å². The summed E-state index contributed by atoms with van der Waals surface area (Å²) in [7, 11) is 1.72. The number of anilines is 2. The lowest BCUT2D eigenvalue weighted by Crippen LogP contribution is -2.52. The first-order valence-corrected chi connectivity index (χ1v) is 10.4. The van der Waals surface area contributed by atoms with Gasteiger partial charge >= 0.3 is 0 Å². The van der Waals surface area contributed by atoms with E-state index >= 15 is 0 Å². The maximum absolute atomic E-state index is 11.5. The molecule has 6 nitrogen and oxygen atoms in total. The van der Waals surface area contributed by atoms with Crippen LogP contribution >= 0.6 is 0 Å². The molecule has 1 unspecified atom stereocenters. The fraction of sp³-hybridized carbons (Fsp3) is 0.435. The molecule has 0 bridgehead atoms. The van der Waals surface area contributed by atoms with E-state index in [1.54, 1.807) is 7.11 Å². The minimum absolute atomic E-state index is 0.0473. The van der Waals surface area contributed by atoms with Gasteiger partial charge in [0.25, 0.3) is 0 Å². The Morgan fingerprint density at radius 1 is 1.07 bits per heavy atom. The molecule has 1 saturated heterocycles. The average Bonchev–Trinajstić information content (AvgIpc) is 2.77. The SMILES string of the molecule is CCC(Oc1ccc2c(c1)CCC(=O)N2)N1CCN(c2ccccc2OC)CC1. The van der Waals surface area contributed by atoms with Crippen molar-refractivity contribution in [3.05, 3.63) is 48.0 Å². The molecular formula is C23H29N3O3. The zero-order valence-electron chi connectivity index (χ0n) is 17.2. The number of nitrogens with one attached hydrogen (secondary N) is 1. The van der Waals surface area contributed by atoms with Gasteiger partial charge in [-0.05, 0) is 48.7 Å². The highest BCUT2D eigenvalue weighted by Crippen LogP contribution is 2.30. The molecule has 1 atom stereocenters. The van der Waals surface area contributed by atoms with Gasteiger partial charge in [0, 0.05) is 38.3 Å². The summed E-state index contributed by atoms with van der Waals surface area (Å²) in [5.74, 6) is 1.88. The largest absolute Gasteiger partial charge is 0.495 e. The number of hydrogen-bond acceptors (Lipinski definition) is 5. The zero-order chi connectivity index (χ0) is 20.2. The Bertz CT molecular complexity index is 862. The standard InChI is InChI=1S/C23H29N3O3/c1-3-23(29-18-9-10-19-17(16-18)8-11-22(27)24-19)26-14-12-25(13-15-26)20-6-4-5-7-21(20)28-2/h4-7,9-10,16,23H,3,8,11-15H2,1-2H3,(H,24,27). The Morgan fingerprint density at radius 3 is 2.62 bits per heavy atom. The number of aryl methyl sites for hydroxylation is 1. The fourth-order valence-electron chi connectivity index (χ4n) is 4.15. The van der Waals surface area contributed by atoms with E-state index in [2.05, 4.69) is 40.2 Å². The highest BCUT2D eigenvalue weighted by molar-refractivity contribution is 5.94. The molecule has 1 N–H and O–H groups in total. The minimum Gasteiger partial charge on any atom is -0.495 e. The van der Waals surface area contributed by atoms with Crippen molar-refractivity contribution in [3.63, 3.8) is 0 Å². The summed E-state index contributed by atoms with van der Waals surface area (Å²) >= 11 is 0. The van der Waals surface area contributed by atoms with Crippen LogP contribution in [0.25, 0.3) is 0 Å². The highest BCUT2D eigenvalue weighted by Gasteiger charge is 2.26. The van der Waals surface area contributed by atoms with E-state index in [9.17, 15) is 4.79 Å². The number of amides is 1. The minimum atomic E-state index is 0.0473. The molecule has 2 aromatic rings. The number of methoxy groups -OCH3 is 1. The third kappa shape index (κ3) is 4.32. The number of benzene rings is 2. The van der Waals surface area contributed by atoms with Crippen LogP contribution in [0.2, 0.25) is 0 Å². The topological polar surface area (TPSA) is 54.0 Å². The van der Waals surface area contributed by atoms with Gasteiger partial charge in [0.15, 0.2) is 6.23 Å². The normalized spacial score (nSPS) is 18.0. The average molecular weight is 396 g/mol. The Hall–Kier alpha value is -2.73. The summed E-state index contributed by atoms with van der Waals surface area (Å²) in [4.78, 5) is 16.3. The third-order valence-electron chi connectivity index (χ3n) is 5.74. The lowest BCUT2D eigenvalue weighted by Gasteiger charge is -2.40. The van der Waals surface area contributed by atoms with Crippen molar-refractivity contribution in [2.75, 3.05) is 43.5 Å². The Morgan fingerprint density at radius 2 is 1.86 bits per heavy atom. The second kappa shape index (κ2) is 8.74. The summed E-state index contributed by atoms with van der Waals surface area (Å²) in [6.45, 7) is 5.93. The predicted molar refractivity (Wildman–Crippen MR) is 115 cm³/mol. The number of carbonyl (C=O) groups excluding carboxylic acids is 1. The number of piperazine rings is 1. The maximum Gasteiger partial charge on any atom is 0.224 e. The summed E-state index contributed by atoms with van der Waals surface area (Å²) in [5.41, 5.74) is 3.21. The van der Waals surface area contributed by atoms with E-state index in [0.29, 0.717) is 6.42 Å². The molecule has 0 spiro atoms. The number of para-hydroxylation sites is 2. The summed E-state index contributed by atoms with van der Waals surface area (Å²) in [6.07, 6.45) is 2.28. The third-order valence-corrected chi connectivity index (χ3v) is 5.74. The van der Waals surface area contributed by atoms with Crippen LogP contribution in [0.1, 0.15) is 25.3 Å². The lowest BCUT2D eigenvalue weighted by molar-refractivity contribution is -0.116. The molecule has 154 valence electrons. The van der Waals surface area contributed by atoms with Crippen molar-refractivity contribution in [1.82, 2.24) is 4.90 Å². The van der Waals surface area contributed by atoms with Gasteiger partial charge in [-0.25, -0.2) is 0 Å². The monoisotopic (exact) mass is 395 g/mol. The highest BCUT2D eigenvalue weighted by atomic mass is 16.5.